The summed E-state index contributed by atoms with van der Waals surface area (Å²) in [6.07, 6.45) is 1.13. The zero-order valence-corrected chi connectivity index (χ0v) is 18.2. The molecule has 0 radical (unpaired) electrons. The first-order valence-electron chi connectivity index (χ1n) is 11.1. The van der Waals surface area contributed by atoms with E-state index < -0.39 is 0 Å². The Morgan fingerprint density at radius 1 is 0.970 bits per heavy atom. The molecule has 2 aromatic heterocycles. The minimum Gasteiger partial charge on any atom is -0.483 e. The molecular weight excluding hydrogens is 412 g/mol. The second kappa shape index (κ2) is 7.78. The van der Waals surface area contributed by atoms with Crippen LogP contribution in [0.25, 0.3) is 33.2 Å². The first-order chi connectivity index (χ1) is 16.2. The molecule has 0 aliphatic carbocycles. The van der Waals surface area contributed by atoms with Gasteiger partial charge in [0.05, 0.1) is 16.6 Å². The van der Waals surface area contributed by atoms with Gasteiger partial charge in [-0.05, 0) is 48.7 Å². The van der Waals surface area contributed by atoms with Crippen molar-refractivity contribution in [3.05, 3.63) is 89.6 Å². The second-order valence-electron chi connectivity index (χ2n) is 8.37. The molecule has 1 aliphatic heterocycles. The summed E-state index contributed by atoms with van der Waals surface area (Å²) in [4.78, 5) is 16.8. The van der Waals surface area contributed by atoms with Crippen molar-refractivity contribution in [2.45, 2.75) is 26.4 Å². The molecule has 0 unspecified atom stereocenters. The quantitative estimate of drug-likeness (QED) is 0.354. The van der Waals surface area contributed by atoms with Crippen LogP contribution in [0.1, 0.15) is 23.2 Å². The highest BCUT2D eigenvalue weighted by atomic mass is 16.5. The third kappa shape index (κ3) is 3.42. The smallest absolute Gasteiger partial charge is 0.224 e. The summed E-state index contributed by atoms with van der Waals surface area (Å²) in [7, 11) is 0. The number of nitrogens with zero attached hydrogens (tertiary/aromatic N) is 1. The number of carbonyl (C=O) groups excluding carboxylic acids is 1. The number of rotatable bonds is 4. The SMILES string of the molecule is Cc1ccc(-c2oc3ccccc3c2OCc2ccc3ccccc3n2)c2c1NC(=O)CC2. The largest absolute Gasteiger partial charge is 0.483 e. The number of nitrogens with one attached hydrogen (secondary N) is 1. The van der Waals surface area contributed by atoms with Gasteiger partial charge in [0.15, 0.2) is 11.5 Å². The monoisotopic (exact) mass is 434 g/mol. The van der Waals surface area contributed by atoms with Gasteiger partial charge in [0.1, 0.15) is 12.2 Å². The summed E-state index contributed by atoms with van der Waals surface area (Å²) in [6, 6.07) is 24.1. The summed E-state index contributed by atoms with van der Waals surface area (Å²) in [5, 5.41) is 5.05. The lowest BCUT2D eigenvalue weighted by molar-refractivity contribution is -0.116. The van der Waals surface area contributed by atoms with Gasteiger partial charge in [0, 0.05) is 23.1 Å². The lowest BCUT2D eigenvalue weighted by atomic mass is 9.93. The van der Waals surface area contributed by atoms with Crippen molar-refractivity contribution in [1.29, 1.82) is 0 Å². The van der Waals surface area contributed by atoms with Crippen molar-refractivity contribution >= 4 is 33.5 Å². The van der Waals surface area contributed by atoms with E-state index in [-0.39, 0.29) is 5.91 Å². The molecule has 1 aliphatic rings. The molecule has 3 aromatic carbocycles. The van der Waals surface area contributed by atoms with E-state index in [9.17, 15) is 4.79 Å². The van der Waals surface area contributed by atoms with Gasteiger partial charge in [0.25, 0.3) is 0 Å². The number of fused-ring (bicyclic) bond motifs is 3. The number of furan rings is 1. The fourth-order valence-electron chi connectivity index (χ4n) is 4.53. The number of para-hydroxylation sites is 2. The van der Waals surface area contributed by atoms with Crippen LogP contribution in [0.5, 0.6) is 5.75 Å². The van der Waals surface area contributed by atoms with Crippen molar-refractivity contribution in [1.82, 2.24) is 4.98 Å². The zero-order valence-electron chi connectivity index (χ0n) is 18.2. The van der Waals surface area contributed by atoms with Crippen LogP contribution in [-0.2, 0) is 17.8 Å². The Kier molecular flexibility index (Phi) is 4.61. The predicted molar refractivity (Wildman–Crippen MR) is 129 cm³/mol. The van der Waals surface area contributed by atoms with Crippen LogP contribution in [-0.4, -0.2) is 10.9 Å². The molecule has 0 saturated carbocycles. The van der Waals surface area contributed by atoms with Gasteiger partial charge in [-0.15, -0.1) is 0 Å². The third-order valence-electron chi connectivity index (χ3n) is 6.20. The highest BCUT2D eigenvalue weighted by Gasteiger charge is 2.25. The van der Waals surface area contributed by atoms with Gasteiger partial charge in [-0.2, -0.15) is 0 Å². The van der Waals surface area contributed by atoms with Crippen LogP contribution in [0.15, 0.2) is 77.2 Å². The molecule has 0 saturated heterocycles. The Bertz CT molecular complexity index is 1530. The average molecular weight is 434 g/mol. The molecular formula is C28H22N2O3. The lowest BCUT2D eigenvalue weighted by Gasteiger charge is -2.21. The molecule has 0 bridgehead atoms. The molecule has 5 nitrogen and oxygen atoms in total. The molecule has 33 heavy (non-hydrogen) atoms. The van der Waals surface area contributed by atoms with Crippen molar-refractivity contribution in [2.24, 2.45) is 0 Å². The maximum absolute atomic E-state index is 12.0. The number of aryl methyl sites for hydroxylation is 1. The van der Waals surface area contributed by atoms with Gasteiger partial charge in [-0.3, -0.25) is 4.79 Å². The summed E-state index contributed by atoms with van der Waals surface area (Å²) < 4.78 is 12.7. The van der Waals surface area contributed by atoms with E-state index in [0.717, 1.165) is 49.9 Å². The molecule has 5 aromatic rings. The van der Waals surface area contributed by atoms with E-state index in [0.29, 0.717) is 31.0 Å². The number of carbonyl (C=O) groups is 1. The molecule has 162 valence electrons. The molecule has 3 heterocycles. The molecule has 1 N–H and O–H groups in total. The zero-order chi connectivity index (χ0) is 22.4. The van der Waals surface area contributed by atoms with E-state index in [2.05, 4.69) is 17.4 Å². The van der Waals surface area contributed by atoms with E-state index in [1.165, 1.54) is 0 Å². The van der Waals surface area contributed by atoms with E-state index in [1.54, 1.807) is 0 Å². The standard InChI is InChI=1S/C28H22N2O3/c1-17-10-13-21(20-14-15-25(31)30-26(17)20)28-27(22-7-3-5-9-24(22)33-28)32-16-19-12-11-18-6-2-4-8-23(18)29-19/h2-13H,14-16H2,1H3,(H,30,31). The minimum atomic E-state index is 0.0474. The molecule has 0 atom stereocenters. The number of benzene rings is 3. The average Bonchev–Trinajstić information content (AvgIpc) is 3.21. The number of hydrogen-bond donors (Lipinski definition) is 1. The van der Waals surface area contributed by atoms with E-state index in [4.69, 9.17) is 14.1 Å². The second-order valence-corrected chi connectivity index (χ2v) is 8.37. The number of aromatic nitrogens is 1. The Labute approximate surface area is 191 Å². The summed E-state index contributed by atoms with van der Waals surface area (Å²) in [5.41, 5.74) is 6.52. The van der Waals surface area contributed by atoms with Crippen molar-refractivity contribution in [2.75, 3.05) is 5.32 Å². The predicted octanol–water partition coefficient (Wildman–Crippen LogP) is 6.42. The topological polar surface area (TPSA) is 64.4 Å². The van der Waals surface area contributed by atoms with Crippen LogP contribution in [0.4, 0.5) is 5.69 Å². The summed E-state index contributed by atoms with van der Waals surface area (Å²) >= 11 is 0. The molecule has 0 spiro atoms. The number of amides is 1. The maximum atomic E-state index is 12.0. The van der Waals surface area contributed by atoms with Crippen molar-refractivity contribution in [3.8, 4) is 17.1 Å². The van der Waals surface area contributed by atoms with Gasteiger partial charge in [0.2, 0.25) is 5.91 Å². The van der Waals surface area contributed by atoms with Crippen molar-refractivity contribution in [3.63, 3.8) is 0 Å². The summed E-state index contributed by atoms with van der Waals surface area (Å²) in [5.74, 6) is 1.43. The Morgan fingerprint density at radius 3 is 2.76 bits per heavy atom. The number of hydrogen-bond acceptors (Lipinski definition) is 4. The summed E-state index contributed by atoms with van der Waals surface area (Å²) in [6.45, 7) is 2.34. The van der Waals surface area contributed by atoms with Gasteiger partial charge < -0.3 is 14.5 Å². The highest BCUT2D eigenvalue weighted by molar-refractivity contribution is 5.98. The first-order valence-corrected chi connectivity index (χ1v) is 11.1. The molecule has 1 amide bonds. The van der Waals surface area contributed by atoms with Crippen LogP contribution in [0.3, 0.4) is 0 Å². The van der Waals surface area contributed by atoms with Crippen LogP contribution in [0, 0.1) is 6.92 Å². The Balaban J connectivity index is 1.44. The highest BCUT2D eigenvalue weighted by Crippen LogP contribution is 2.44. The van der Waals surface area contributed by atoms with Gasteiger partial charge in [-0.25, -0.2) is 4.98 Å². The van der Waals surface area contributed by atoms with Crippen LogP contribution >= 0.6 is 0 Å². The normalized spacial score (nSPS) is 13.2. The molecule has 5 heteroatoms. The van der Waals surface area contributed by atoms with Crippen LogP contribution < -0.4 is 10.1 Å². The fourth-order valence-corrected chi connectivity index (χ4v) is 4.53. The van der Waals surface area contributed by atoms with E-state index >= 15 is 0 Å². The lowest BCUT2D eigenvalue weighted by Crippen LogP contribution is -2.20. The van der Waals surface area contributed by atoms with Crippen LogP contribution in [0.2, 0.25) is 0 Å². The van der Waals surface area contributed by atoms with Gasteiger partial charge in [-0.1, -0.05) is 48.5 Å². The minimum absolute atomic E-state index is 0.0474. The third-order valence-corrected chi connectivity index (χ3v) is 6.20. The van der Waals surface area contributed by atoms with Gasteiger partial charge >= 0.3 is 0 Å². The Hall–Kier alpha value is -4.12. The molecule has 0 fully saturated rings. The maximum Gasteiger partial charge on any atom is 0.224 e. The number of pyridine rings is 1. The number of ether oxygens (including phenoxy) is 1. The van der Waals surface area contributed by atoms with E-state index in [1.807, 2.05) is 67.6 Å². The first kappa shape index (κ1) is 19.6. The fraction of sp³-hybridized carbons (Fsp3) is 0.143. The number of anilines is 1. The Morgan fingerprint density at radius 2 is 1.82 bits per heavy atom. The molecule has 6 rings (SSSR count). The van der Waals surface area contributed by atoms with Crippen molar-refractivity contribution < 1.29 is 13.9 Å².